The summed E-state index contributed by atoms with van der Waals surface area (Å²) in [7, 11) is 0. The minimum Gasteiger partial charge on any atom is -0.481 e. The predicted octanol–water partition coefficient (Wildman–Crippen LogP) is 7.17. The van der Waals surface area contributed by atoms with Crippen LogP contribution in [0.4, 0.5) is 0 Å². The number of carbonyl (C=O) groups excluding carboxylic acids is 2. The van der Waals surface area contributed by atoms with E-state index >= 15 is 0 Å². The van der Waals surface area contributed by atoms with Crippen molar-refractivity contribution >= 4 is 23.9 Å². The molecule has 0 heterocycles. The fraction of sp³-hybridized carbons (Fsp3) is 0.829. The van der Waals surface area contributed by atoms with E-state index in [9.17, 15) is 19.2 Å². The molecule has 4 rings (SSSR count). The average molecular weight is 604 g/mol. The molecule has 0 aromatic carbocycles. The van der Waals surface area contributed by atoms with Gasteiger partial charge in [-0.15, -0.1) is 0 Å². The normalized spacial score (nSPS) is 34.7. The van der Waals surface area contributed by atoms with Gasteiger partial charge in [-0.05, 0) is 91.8 Å². The minimum atomic E-state index is -0.979. The molecule has 9 atom stereocenters. The Bertz CT molecular complexity index is 1080. The summed E-state index contributed by atoms with van der Waals surface area (Å²) in [6.45, 7) is 11.6. The van der Waals surface area contributed by atoms with Crippen molar-refractivity contribution in [1.29, 1.82) is 0 Å². The number of aliphatic carboxylic acids is 2. The van der Waals surface area contributed by atoms with E-state index < -0.39 is 17.9 Å². The topological polar surface area (TPSA) is 132 Å². The Hall–Kier alpha value is -2.38. The number of carboxylic acid groups (broad SMARTS) is 2. The van der Waals surface area contributed by atoms with Gasteiger partial charge >= 0.3 is 23.9 Å². The van der Waals surface area contributed by atoms with Gasteiger partial charge in [0, 0.05) is 18.8 Å². The van der Waals surface area contributed by atoms with Crippen LogP contribution in [0.5, 0.6) is 0 Å². The summed E-state index contributed by atoms with van der Waals surface area (Å²) < 4.78 is 11.8. The lowest BCUT2D eigenvalue weighted by atomic mass is 9.47. The minimum absolute atomic E-state index is 0.0319. The van der Waals surface area contributed by atoms with Gasteiger partial charge < -0.3 is 24.5 Å². The van der Waals surface area contributed by atoms with Gasteiger partial charge in [-0.1, -0.05) is 46.3 Å². The Morgan fingerprint density at radius 2 is 1.63 bits per heavy atom. The number of rotatable bonds is 13. The number of fused-ring (bicyclic) bond motifs is 5. The molecule has 0 saturated heterocycles. The van der Waals surface area contributed by atoms with Crippen LogP contribution >= 0.6 is 0 Å². The van der Waals surface area contributed by atoms with Gasteiger partial charge in [-0.2, -0.15) is 0 Å². The van der Waals surface area contributed by atoms with E-state index in [0.717, 1.165) is 44.9 Å². The number of carbonyl (C=O) groups is 3. The molecule has 8 unspecified atom stereocenters. The van der Waals surface area contributed by atoms with Crippen LogP contribution in [-0.2, 0) is 23.9 Å². The van der Waals surface area contributed by atoms with Gasteiger partial charge in [-0.25, -0.2) is 0 Å². The van der Waals surface area contributed by atoms with E-state index in [1.165, 1.54) is 24.8 Å². The summed E-state index contributed by atoms with van der Waals surface area (Å²) >= 11 is 0. The molecule has 4 aliphatic carbocycles. The van der Waals surface area contributed by atoms with Gasteiger partial charge in [0.05, 0.1) is 19.3 Å². The molecule has 3 saturated carbocycles. The van der Waals surface area contributed by atoms with Crippen molar-refractivity contribution in [3.63, 3.8) is 0 Å². The largest absolute Gasteiger partial charge is 0.483 e. The van der Waals surface area contributed by atoms with Crippen molar-refractivity contribution in [1.82, 2.24) is 0 Å². The highest BCUT2D eigenvalue weighted by Crippen LogP contribution is 2.67. The van der Waals surface area contributed by atoms with Crippen LogP contribution in [0.25, 0.3) is 0 Å². The first-order chi connectivity index (χ1) is 20.2. The quantitative estimate of drug-likeness (QED) is 0.130. The molecule has 0 spiro atoms. The van der Waals surface area contributed by atoms with Crippen molar-refractivity contribution in [2.45, 2.75) is 137 Å². The van der Waals surface area contributed by atoms with Crippen molar-refractivity contribution in [3.05, 3.63) is 11.6 Å². The van der Waals surface area contributed by atoms with E-state index in [2.05, 4.69) is 40.7 Å². The molecule has 4 aliphatic rings. The molecule has 0 amide bonds. The molecular formula is C35H55O8+. The van der Waals surface area contributed by atoms with Crippen molar-refractivity contribution in [2.75, 3.05) is 0 Å². The third-order valence-electron chi connectivity index (χ3n) is 12.1. The average Bonchev–Trinajstić information content (AvgIpc) is 3.30. The van der Waals surface area contributed by atoms with E-state index in [1.54, 1.807) is 0 Å². The first-order valence-corrected chi connectivity index (χ1v) is 16.8. The molecule has 0 aromatic heterocycles. The summed E-state index contributed by atoms with van der Waals surface area (Å²) in [6, 6.07) is 0. The molecule has 8 heteroatoms. The third-order valence-corrected chi connectivity index (χ3v) is 12.1. The lowest BCUT2D eigenvalue weighted by Gasteiger charge is -2.58. The fourth-order valence-electron chi connectivity index (χ4n) is 9.72. The summed E-state index contributed by atoms with van der Waals surface area (Å²) in [5.74, 6) is 0.678. The molecule has 0 aliphatic heterocycles. The molecule has 0 aromatic rings. The molecular weight excluding hydrogens is 548 g/mol. The highest BCUT2D eigenvalue weighted by molar-refractivity contribution is 5.77. The maximum Gasteiger partial charge on any atom is 0.483 e. The molecule has 0 bridgehead atoms. The molecule has 0 radical (unpaired) electrons. The zero-order chi connectivity index (χ0) is 31.5. The van der Waals surface area contributed by atoms with Crippen molar-refractivity contribution in [2.24, 2.45) is 46.3 Å². The van der Waals surface area contributed by atoms with E-state index in [1.807, 2.05) is 0 Å². The first kappa shape index (κ1) is 33.5. The first-order valence-electron chi connectivity index (χ1n) is 16.8. The second-order valence-corrected chi connectivity index (χ2v) is 15.0. The van der Waals surface area contributed by atoms with E-state index in [0.29, 0.717) is 29.6 Å². The summed E-state index contributed by atoms with van der Waals surface area (Å²) in [5, 5.41) is 18.0. The Morgan fingerprint density at radius 1 is 0.930 bits per heavy atom. The zero-order valence-corrected chi connectivity index (χ0v) is 27.0. The lowest BCUT2D eigenvalue weighted by Crippen LogP contribution is -2.51. The van der Waals surface area contributed by atoms with Gasteiger partial charge in [0.25, 0.3) is 0 Å². The Balaban J connectivity index is 1.44. The molecule has 3 N–H and O–H groups in total. The second kappa shape index (κ2) is 13.7. The van der Waals surface area contributed by atoms with Crippen LogP contribution in [-0.4, -0.2) is 51.1 Å². The summed E-state index contributed by atoms with van der Waals surface area (Å²) in [5.41, 5.74) is 1.75. The van der Waals surface area contributed by atoms with Gasteiger partial charge in [0.2, 0.25) is 0 Å². The SMILES string of the molecule is CC(C)CCC(OC(=[OH+])CCC(=O)O)[C@@H](C)C1CCC2C3CC=C4CC(OC(=O)CCC(=O)O)CCC4(C)C3CCC21C. The van der Waals surface area contributed by atoms with E-state index in [-0.39, 0.29) is 60.6 Å². The smallest absolute Gasteiger partial charge is 0.481 e. The summed E-state index contributed by atoms with van der Waals surface area (Å²) in [4.78, 5) is 44.6. The summed E-state index contributed by atoms with van der Waals surface area (Å²) in [6.07, 6.45) is 12.0. The van der Waals surface area contributed by atoms with Crippen LogP contribution in [0, 0.1) is 46.3 Å². The molecule has 8 nitrogen and oxygen atoms in total. The van der Waals surface area contributed by atoms with Crippen LogP contribution < -0.4 is 0 Å². The highest BCUT2D eigenvalue weighted by atomic mass is 16.5. The predicted molar refractivity (Wildman–Crippen MR) is 164 cm³/mol. The second-order valence-electron chi connectivity index (χ2n) is 15.0. The Kier molecular flexibility index (Phi) is 10.7. The van der Waals surface area contributed by atoms with Crippen LogP contribution in [0.15, 0.2) is 11.6 Å². The van der Waals surface area contributed by atoms with Crippen LogP contribution in [0.3, 0.4) is 0 Å². The third kappa shape index (κ3) is 7.47. The number of hydrogen-bond donors (Lipinski definition) is 2. The maximum atomic E-state index is 12.2. The number of esters is 2. The van der Waals surface area contributed by atoms with Crippen LogP contribution in [0.2, 0.25) is 0 Å². The van der Waals surface area contributed by atoms with Gasteiger partial charge in [-0.3, -0.25) is 14.4 Å². The number of carboxylic acids is 2. The Labute approximate surface area is 257 Å². The number of ether oxygens (including phenoxy) is 2. The monoisotopic (exact) mass is 603 g/mol. The lowest BCUT2D eigenvalue weighted by molar-refractivity contribution is -0.154. The number of hydrogen-bond acceptors (Lipinski definition) is 5. The zero-order valence-electron chi connectivity index (χ0n) is 27.0. The standard InChI is InChI=1S/C35H54O8/c1-21(2)6-11-29(43-33(41)15-13-31(38)39)22(3)26-9-10-27-25-8-7-23-20-24(42-32(40)14-12-30(36)37)16-18-34(23,4)28(25)17-19-35(26,27)5/h7,21-22,24-29H,6,8-20H2,1-5H3,(H,36,37)(H,38,39)/p+1/t22-,24?,25?,26?,27?,28?,29?,34?,35?/m0/s1. The van der Waals surface area contributed by atoms with Crippen molar-refractivity contribution < 1.29 is 38.9 Å². The fourth-order valence-corrected chi connectivity index (χ4v) is 9.72. The van der Waals surface area contributed by atoms with Crippen molar-refractivity contribution in [3.8, 4) is 0 Å². The van der Waals surface area contributed by atoms with Gasteiger partial charge in [0.1, 0.15) is 12.5 Å². The van der Waals surface area contributed by atoms with Gasteiger partial charge in [0.15, 0.2) is 6.10 Å². The highest BCUT2D eigenvalue weighted by Gasteiger charge is 2.60. The molecule has 43 heavy (non-hydrogen) atoms. The molecule has 242 valence electrons. The van der Waals surface area contributed by atoms with Crippen LogP contribution in [0.1, 0.15) is 125 Å². The maximum absolute atomic E-state index is 12.2. The molecule has 3 fully saturated rings. The van der Waals surface area contributed by atoms with E-state index in [4.69, 9.17) is 19.7 Å². The Morgan fingerprint density at radius 3 is 2.30 bits per heavy atom. The number of allylic oxidation sites excluding steroid dienone is 1.